The van der Waals surface area contributed by atoms with Crippen molar-refractivity contribution in [1.29, 1.82) is 0 Å². The minimum Gasteiger partial charge on any atom is -0.497 e. The summed E-state index contributed by atoms with van der Waals surface area (Å²) in [6.07, 6.45) is 1.54. The third kappa shape index (κ3) is 4.57. The van der Waals surface area contributed by atoms with Crippen LogP contribution in [-0.4, -0.2) is 46.2 Å². The molecule has 3 rings (SSSR count). The highest BCUT2D eigenvalue weighted by Gasteiger charge is 2.43. The first kappa shape index (κ1) is 22.4. The molecule has 1 unspecified atom stereocenters. The fourth-order valence-electron chi connectivity index (χ4n) is 3.78. The number of methoxy groups -OCH3 is 2. The predicted molar refractivity (Wildman–Crippen MR) is 120 cm³/mol. The van der Waals surface area contributed by atoms with Gasteiger partial charge in [0.15, 0.2) is 0 Å². The van der Waals surface area contributed by atoms with Crippen molar-refractivity contribution in [3.63, 3.8) is 0 Å². The molecule has 1 saturated carbocycles. The Morgan fingerprint density at radius 2 is 2.03 bits per heavy atom. The number of hydrogen-bond acceptors (Lipinski definition) is 5. The summed E-state index contributed by atoms with van der Waals surface area (Å²) in [5, 5.41) is 4.56. The van der Waals surface area contributed by atoms with Gasteiger partial charge in [0.2, 0.25) is 5.91 Å². The molecule has 7 nitrogen and oxygen atoms in total. The Balaban J connectivity index is 1.85. The van der Waals surface area contributed by atoms with Crippen LogP contribution in [0.1, 0.15) is 45.2 Å². The van der Waals surface area contributed by atoms with E-state index >= 15 is 0 Å². The van der Waals surface area contributed by atoms with Crippen LogP contribution in [-0.2, 0) is 16.1 Å². The molecule has 30 heavy (non-hydrogen) atoms. The van der Waals surface area contributed by atoms with Crippen molar-refractivity contribution in [2.75, 3.05) is 14.2 Å². The summed E-state index contributed by atoms with van der Waals surface area (Å²) < 4.78 is 13.6. The zero-order valence-electron chi connectivity index (χ0n) is 18.2. The van der Waals surface area contributed by atoms with Gasteiger partial charge in [0, 0.05) is 24.8 Å². The van der Waals surface area contributed by atoms with E-state index in [4.69, 9.17) is 9.47 Å². The summed E-state index contributed by atoms with van der Waals surface area (Å²) in [5.74, 6) is 0.625. The number of nitrogens with zero attached hydrogens (tertiary/aromatic N) is 3. The summed E-state index contributed by atoms with van der Waals surface area (Å²) in [5.41, 5.74) is 1.90. The van der Waals surface area contributed by atoms with E-state index in [9.17, 15) is 9.59 Å². The molecule has 1 fully saturated rings. The standard InChI is InChI=1S/C22H30N3O4P/c1-14(2)21-18(15-7-6-8-17(9-15)28-4)10-19(26)24(23-21)13-20(27)25(30)16-11-22(3,12-16)29-5/h6-10,14,16H,11-13,30H2,1-5H3. The molecule has 2 aromatic rings. The molecule has 1 aromatic heterocycles. The lowest BCUT2D eigenvalue weighted by Gasteiger charge is -2.47. The molecule has 1 heterocycles. The minimum absolute atomic E-state index is 0.0781. The van der Waals surface area contributed by atoms with E-state index in [1.807, 2.05) is 45.0 Å². The van der Waals surface area contributed by atoms with Crippen molar-refractivity contribution in [1.82, 2.24) is 14.5 Å². The number of rotatable bonds is 7. The first-order valence-corrected chi connectivity index (χ1v) is 10.6. The number of ether oxygens (including phenoxy) is 2. The molecule has 162 valence electrons. The van der Waals surface area contributed by atoms with Gasteiger partial charge in [-0.2, -0.15) is 5.10 Å². The molecule has 0 spiro atoms. The van der Waals surface area contributed by atoms with E-state index in [0.717, 1.165) is 29.7 Å². The number of carbonyl (C=O) groups excluding carboxylic acids is 1. The Morgan fingerprint density at radius 3 is 2.63 bits per heavy atom. The molecule has 0 saturated heterocycles. The lowest BCUT2D eigenvalue weighted by molar-refractivity contribution is -0.137. The Labute approximate surface area is 179 Å². The van der Waals surface area contributed by atoms with Crippen molar-refractivity contribution < 1.29 is 14.3 Å². The highest BCUT2D eigenvalue weighted by molar-refractivity contribution is 7.14. The average molecular weight is 431 g/mol. The number of hydrogen-bond donors (Lipinski definition) is 0. The number of aromatic nitrogens is 2. The van der Waals surface area contributed by atoms with Gasteiger partial charge in [-0.3, -0.25) is 9.59 Å². The first-order chi connectivity index (χ1) is 14.2. The van der Waals surface area contributed by atoms with Gasteiger partial charge >= 0.3 is 0 Å². The van der Waals surface area contributed by atoms with E-state index in [-0.39, 0.29) is 35.6 Å². The number of amides is 1. The van der Waals surface area contributed by atoms with Crippen molar-refractivity contribution in [3.05, 3.63) is 46.4 Å². The van der Waals surface area contributed by atoms with Crippen LogP contribution in [0.4, 0.5) is 0 Å². The predicted octanol–water partition coefficient (Wildman–Crippen LogP) is 3.23. The molecule has 1 aliphatic carbocycles. The lowest BCUT2D eigenvalue weighted by Crippen LogP contribution is -2.53. The van der Waals surface area contributed by atoms with E-state index in [1.54, 1.807) is 25.0 Å². The van der Waals surface area contributed by atoms with Gasteiger partial charge in [0.05, 0.1) is 18.4 Å². The van der Waals surface area contributed by atoms with Gasteiger partial charge < -0.3 is 14.1 Å². The monoisotopic (exact) mass is 431 g/mol. The van der Waals surface area contributed by atoms with E-state index in [0.29, 0.717) is 5.75 Å². The van der Waals surface area contributed by atoms with Crippen LogP contribution in [0.15, 0.2) is 35.1 Å². The molecular formula is C22H30N3O4P. The molecule has 1 amide bonds. The van der Waals surface area contributed by atoms with Gasteiger partial charge in [0.1, 0.15) is 12.3 Å². The van der Waals surface area contributed by atoms with Crippen molar-refractivity contribution in [2.24, 2.45) is 0 Å². The third-order valence-corrected chi connectivity index (χ3v) is 6.46. The Hall–Kier alpha value is -2.24. The van der Waals surface area contributed by atoms with Gasteiger partial charge in [0.25, 0.3) is 5.56 Å². The summed E-state index contributed by atoms with van der Waals surface area (Å²) in [7, 11) is 5.78. The normalized spacial score (nSPS) is 20.7. The highest BCUT2D eigenvalue weighted by Crippen LogP contribution is 2.39. The Bertz CT molecular complexity index is 983. The van der Waals surface area contributed by atoms with Crippen LogP contribution in [0.5, 0.6) is 5.75 Å². The first-order valence-electron chi connectivity index (χ1n) is 10.1. The largest absolute Gasteiger partial charge is 0.497 e. The van der Waals surface area contributed by atoms with Crippen LogP contribution in [0.25, 0.3) is 11.1 Å². The maximum absolute atomic E-state index is 12.8. The van der Waals surface area contributed by atoms with Crippen LogP contribution in [0.2, 0.25) is 0 Å². The van der Waals surface area contributed by atoms with Crippen LogP contribution >= 0.6 is 9.39 Å². The zero-order chi connectivity index (χ0) is 22.1. The van der Waals surface area contributed by atoms with Crippen LogP contribution in [0, 0.1) is 0 Å². The molecule has 0 aliphatic heterocycles. The number of benzene rings is 1. The van der Waals surface area contributed by atoms with Gasteiger partial charge in [-0.25, -0.2) is 4.68 Å². The second-order valence-corrected chi connectivity index (χ2v) is 8.90. The van der Waals surface area contributed by atoms with Gasteiger partial charge in [-0.1, -0.05) is 26.0 Å². The van der Waals surface area contributed by atoms with E-state index in [2.05, 4.69) is 14.5 Å². The van der Waals surface area contributed by atoms with E-state index in [1.165, 1.54) is 4.68 Å². The summed E-state index contributed by atoms with van der Waals surface area (Å²) in [6.45, 7) is 5.97. The molecule has 1 aliphatic rings. The fourth-order valence-corrected chi connectivity index (χ4v) is 4.07. The van der Waals surface area contributed by atoms with Crippen LogP contribution < -0.4 is 10.3 Å². The van der Waals surface area contributed by atoms with E-state index < -0.39 is 0 Å². The smallest absolute Gasteiger partial charge is 0.267 e. The van der Waals surface area contributed by atoms with Gasteiger partial charge in [-0.15, -0.1) is 0 Å². The molecule has 1 aromatic carbocycles. The quantitative estimate of drug-likeness (QED) is 0.630. The van der Waals surface area contributed by atoms with Crippen LogP contribution in [0.3, 0.4) is 0 Å². The maximum atomic E-state index is 12.8. The Morgan fingerprint density at radius 1 is 1.33 bits per heavy atom. The van der Waals surface area contributed by atoms with Crippen molar-refractivity contribution >= 4 is 15.3 Å². The SMILES string of the molecule is COc1cccc(-c2cc(=O)n(CC(=O)N(P)C3CC(C)(OC)C3)nc2C(C)C)c1. The van der Waals surface area contributed by atoms with Gasteiger partial charge in [-0.05, 0) is 52.8 Å². The third-order valence-electron chi connectivity index (χ3n) is 5.75. The highest BCUT2D eigenvalue weighted by atomic mass is 31.0. The average Bonchev–Trinajstić information content (AvgIpc) is 2.71. The fraction of sp³-hybridized carbons (Fsp3) is 0.500. The summed E-state index contributed by atoms with van der Waals surface area (Å²) in [6, 6.07) is 9.19. The molecule has 1 atom stereocenters. The summed E-state index contributed by atoms with van der Waals surface area (Å²) >= 11 is 0. The minimum atomic E-state index is -0.306. The second kappa shape index (κ2) is 8.86. The molecule has 8 heteroatoms. The van der Waals surface area contributed by atoms with Crippen molar-refractivity contribution in [2.45, 2.75) is 57.7 Å². The second-order valence-electron chi connectivity index (χ2n) is 8.34. The molecular weight excluding hydrogens is 401 g/mol. The zero-order valence-corrected chi connectivity index (χ0v) is 19.4. The molecule has 0 N–H and O–H groups in total. The lowest BCUT2D eigenvalue weighted by atomic mass is 9.77. The molecule has 0 radical (unpaired) electrons. The number of carbonyl (C=O) groups is 1. The molecule has 0 bridgehead atoms. The topological polar surface area (TPSA) is 73.7 Å². The Kier molecular flexibility index (Phi) is 6.63. The summed E-state index contributed by atoms with van der Waals surface area (Å²) in [4.78, 5) is 25.5. The maximum Gasteiger partial charge on any atom is 0.267 e. The van der Waals surface area contributed by atoms with Crippen molar-refractivity contribution in [3.8, 4) is 16.9 Å².